The number of amides is 1. The average molecular weight is 325 g/mol. The number of nitrogens with one attached hydrogen (secondary N) is 1. The Balaban J connectivity index is 2.00. The number of hydrogen-bond donors (Lipinski definition) is 1. The first-order chi connectivity index (χ1) is 10.9. The molecule has 1 heterocycles. The van der Waals surface area contributed by atoms with Crippen LogP contribution in [0.15, 0.2) is 23.3 Å². The molecule has 0 saturated carbocycles. The number of nitrogens with zero attached hydrogens (tertiary/aromatic N) is 6. The van der Waals surface area contributed by atoms with Gasteiger partial charge in [0.2, 0.25) is 0 Å². The van der Waals surface area contributed by atoms with Crippen LogP contribution in [0.2, 0.25) is 0 Å². The molecule has 10 nitrogen and oxygen atoms in total. The van der Waals surface area contributed by atoms with E-state index in [9.17, 15) is 23.7 Å². The molecule has 0 saturated heterocycles. The smallest absolute Gasteiger partial charge is 0.390 e. The standard InChI is InChI=1S/C11H9F2N7O3/c1-6(5-19-17-11(16-18-19)20(22)23)14-15-10(21)8-3-2-7(12)4-9(8)13/h2-4H,5H2,1H3,(H,15,21)/b14-6+. The van der Waals surface area contributed by atoms with Crippen molar-refractivity contribution in [2.75, 3.05) is 0 Å². The second-order valence-corrected chi connectivity index (χ2v) is 4.29. The third-order valence-corrected chi connectivity index (χ3v) is 2.50. The number of benzene rings is 1. The molecule has 0 spiro atoms. The van der Waals surface area contributed by atoms with Gasteiger partial charge in [0, 0.05) is 11.3 Å². The second-order valence-electron chi connectivity index (χ2n) is 4.29. The molecule has 12 heteroatoms. The molecule has 0 unspecified atom stereocenters. The van der Waals surface area contributed by atoms with Gasteiger partial charge in [-0.1, -0.05) is 4.80 Å². The summed E-state index contributed by atoms with van der Waals surface area (Å²) in [5.41, 5.74) is 1.97. The number of nitro groups is 1. The van der Waals surface area contributed by atoms with Gasteiger partial charge in [0.25, 0.3) is 5.91 Å². The lowest BCUT2D eigenvalue weighted by Gasteiger charge is -2.02. The molecular formula is C11H9F2N7O3. The number of carbonyl (C=O) groups excluding carboxylic acids is 1. The number of hydrogen-bond acceptors (Lipinski definition) is 7. The fourth-order valence-corrected chi connectivity index (χ4v) is 1.49. The predicted octanol–water partition coefficient (Wildman–Crippen LogP) is 0.665. The fraction of sp³-hybridized carbons (Fsp3) is 0.182. The van der Waals surface area contributed by atoms with Crippen molar-refractivity contribution in [3.8, 4) is 0 Å². The molecule has 0 aliphatic rings. The first kappa shape index (κ1) is 16.1. The van der Waals surface area contributed by atoms with E-state index in [0.29, 0.717) is 6.07 Å². The van der Waals surface area contributed by atoms with Crippen molar-refractivity contribution in [3.63, 3.8) is 0 Å². The molecule has 1 aromatic heterocycles. The van der Waals surface area contributed by atoms with Gasteiger partial charge in [0.05, 0.1) is 21.5 Å². The Morgan fingerprint density at radius 3 is 2.83 bits per heavy atom. The third-order valence-electron chi connectivity index (χ3n) is 2.50. The van der Waals surface area contributed by atoms with E-state index in [2.05, 4.69) is 25.9 Å². The van der Waals surface area contributed by atoms with Gasteiger partial charge in [-0.25, -0.2) is 14.2 Å². The van der Waals surface area contributed by atoms with Crippen molar-refractivity contribution in [3.05, 3.63) is 45.5 Å². The normalized spacial score (nSPS) is 11.3. The van der Waals surface area contributed by atoms with E-state index in [-0.39, 0.29) is 17.8 Å². The van der Waals surface area contributed by atoms with Crippen molar-refractivity contribution in [2.24, 2.45) is 5.10 Å². The molecule has 0 radical (unpaired) electrons. The SMILES string of the molecule is C/C(Cn1nnc([N+](=O)[O-])n1)=N\NC(=O)c1ccc(F)cc1F. The molecule has 1 amide bonds. The first-order valence-electron chi connectivity index (χ1n) is 6.07. The molecule has 2 rings (SSSR count). The Labute approximate surface area is 126 Å². The van der Waals surface area contributed by atoms with Gasteiger partial charge in [-0.3, -0.25) is 4.79 Å². The lowest BCUT2D eigenvalue weighted by molar-refractivity contribution is -0.394. The third kappa shape index (κ3) is 4.09. The van der Waals surface area contributed by atoms with E-state index in [1.54, 1.807) is 0 Å². The number of aromatic nitrogens is 4. The largest absolute Gasteiger partial charge is 0.514 e. The van der Waals surface area contributed by atoms with E-state index in [4.69, 9.17) is 0 Å². The Kier molecular flexibility index (Phi) is 4.64. The molecular weight excluding hydrogens is 316 g/mol. The number of rotatable bonds is 5. The van der Waals surface area contributed by atoms with E-state index in [1.165, 1.54) is 6.92 Å². The maximum atomic E-state index is 13.4. The molecule has 0 aliphatic carbocycles. The lowest BCUT2D eigenvalue weighted by Crippen LogP contribution is -2.22. The number of hydrazone groups is 1. The highest BCUT2D eigenvalue weighted by atomic mass is 19.1. The molecule has 1 aromatic carbocycles. The van der Waals surface area contributed by atoms with Gasteiger partial charge in [-0.2, -0.15) is 5.10 Å². The summed E-state index contributed by atoms with van der Waals surface area (Å²) in [4.78, 5) is 22.2. The van der Waals surface area contributed by atoms with Crippen LogP contribution in [-0.4, -0.2) is 36.7 Å². The van der Waals surface area contributed by atoms with E-state index in [1.807, 2.05) is 0 Å². The van der Waals surface area contributed by atoms with Gasteiger partial charge in [0.1, 0.15) is 18.2 Å². The summed E-state index contributed by atoms with van der Waals surface area (Å²) in [6, 6.07) is 2.49. The number of carbonyl (C=O) groups is 1. The summed E-state index contributed by atoms with van der Waals surface area (Å²) >= 11 is 0. The van der Waals surface area contributed by atoms with Gasteiger partial charge in [-0.05, 0) is 24.0 Å². The molecule has 0 fully saturated rings. The molecule has 120 valence electrons. The Hall–Kier alpha value is -3.31. The minimum Gasteiger partial charge on any atom is -0.390 e. The summed E-state index contributed by atoms with van der Waals surface area (Å²) in [7, 11) is 0. The highest BCUT2D eigenvalue weighted by Crippen LogP contribution is 2.09. The molecule has 1 N–H and O–H groups in total. The van der Waals surface area contributed by atoms with Crippen LogP contribution in [0.3, 0.4) is 0 Å². The maximum Gasteiger partial charge on any atom is 0.514 e. The number of tetrazole rings is 1. The Bertz CT molecular complexity index is 790. The minimum atomic E-state index is -1.02. The summed E-state index contributed by atoms with van der Waals surface area (Å²) in [6.45, 7) is 1.41. The van der Waals surface area contributed by atoms with Crippen LogP contribution < -0.4 is 5.43 Å². The predicted molar refractivity (Wildman–Crippen MR) is 71.4 cm³/mol. The Morgan fingerprint density at radius 1 is 1.48 bits per heavy atom. The maximum absolute atomic E-state index is 13.4. The van der Waals surface area contributed by atoms with Crippen LogP contribution in [0.1, 0.15) is 17.3 Å². The van der Waals surface area contributed by atoms with Gasteiger partial charge in [-0.15, -0.1) is 0 Å². The van der Waals surface area contributed by atoms with Crippen LogP contribution in [0.4, 0.5) is 14.7 Å². The van der Waals surface area contributed by atoms with Crippen molar-refractivity contribution in [1.29, 1.82) is 0 Å². The zero-order valence-corrected chi connectivity index (χ0v) is 11.6. The van der Waals surface area contributed by atoms with Crippen LogP contribution in [0, 0.1) is 21.7 Å². The zero-order chi connectivity index (χ0) is 17.0. The van der Waals surface area contributed by atoms with E-state index in [0.717, 1.165) is 16.9 Å². The van der Waals surface area contributed by atoms with Crippen LogP contribution >= 0.6 is 0 Å². The second kappa shape index (κ2) is 6.64. The monoisotopic (exact) mass is 325 g/mol. The average Bonchev–Trinajstić information content (AvgIpc) is 2.93. The highest BCUT2D eigenvalue weighted by molar-refractivity contribution is 5.95. The van der Waals surface area contributed by atoms with Crippen molar-refractivity contribution < 1.29 is 18.5 Å². The lowest BCUT2D eigenvalue weighted by atomic mass is 10.2. The van der Waals surface area contributed by atoms with Gasteiger partial charge in [0.15, 0.2) is 0 Å². The van der Waals surface area contributed by atoms with Crippen molar-refractivity contribution in [1.82, 2.24) is 25.6 Å². The molecule has 0 aliphatic heterocycles. The number of halogens is 2. The van der Waals surface area contributed by atoms with E-state index >= 15 is 0 Å². The van der Waals surface area contributed by atoms with E-state index < -0.39 is 28.4 Å². The fourth-order valence-electron chi connectivity index (χ4n) is 1.49. The van der Waals surface area contributed by atoms with Crippen molar-refractivity contribution in [2.45, 2.75) is 13.5 Å². The topological polar surface area (TPSA) is 128 Å². The van der Waals surface area contributed by atoms with Crippen molar-refractivity contribution >= 4 is 17.6 Å². The Morgan fingerprint density at radius 2 is 2.22 bits per heavy atom. The summed E-state index contributed by atoms with van der Waals surface area (Å²) in [6.07, 6.45) is 0. The van der Waals surface area contributed by atoms with Gasteiger partial charge < -0.3 is 10.1 Å². The molecule has 23 heavy (non-hydrogen) atoms. The summed E-state index contributed by atoms with van der Waals surface area (Å²) < 4.78 is 26.2. The highest BCUT2D eigenvalue weighted by Gasteiger charge is 2.16. The van der Waals surface area contributed by atoms with Crippen LogP contribution in [0.5, 0.6) is 0 Å². The molecule has 0 atom stereocenters. The summed E-state index contributed by atoms with van der Waals surface area (Å²) in [5.74, 6) is -3.38. The first-order valence-corrected chi connectivity index (χ1v) is 6.07. The quantitative estimate of drug-likeness (QED) is 0.488. The zero-order valence-electron chi connectivity index (χ0n) is 11.6. The molecule has 2 aromatic rings. The molecule has 0 bridgehead atoms. The van der Waals surface area contributed by atoms with Crippen LogP contribution in [-0.2, 0) is 6.54 Å². The van der Waals surface area contributed by atoms with Crippen LogP contribution in [0.25, 0.3) is 0 Å². The summed E-state index contributed by atoms with van der Waals surface area (Å²) in [5, 5.41) is 24.1. The van der Waals surface area contributed by atoms with Gasteiger partial charge >= 0.3 is 5.95 Å². The minimum absolute atomic E-state index is 0.0764.